The molecule has 2 rings (SSSR count). The van der Waals surface area contributed by atoms with Crippen molar-refractivity contribution in [2.24, 2.45) is 10.9 Å². The van der Waals surface area contributed by atoms with Crippen LogP contribution in [0.5, 0.6) is 0 Å². The van der Waals surface area contributed by atoms with Gasteiger partial charge in [0.05, 0.1) is 0 Å². The number of likely N-dealkylation sites (N-methyl/N-ethyl adjacent to an activating group) is 1. The van der Waals surface area contributed by atoms with Crippen LogP contribution in [0.15, 0.2) is 4.99 Å². The van der Waals surface area contributed by atoms with E-state index in [0.717, 1.165) is 50.8 Å². The van der Waals surface area contributed by atoms with Crippen molar-refractivity contribution >= 4 is 29.9 Å². The van der Waals surface area contributed by atoms with Gasteiger partial charge in [0, 0.05) is 53.0 Å². The van der Waals surface area contributed by atoms with Crippen LogP contribution in [0.4, 0.5) is 0 Å². The lowest BCUT2D eigenvalue weighted by Gasteiger charge is -2.28. The van der Waals surface area contributed by atoms with Crippen LogP contribution >= 0.6 is 24.0 Å². The molecule has 0 atom stereocenters. The van der Waals surface area contributed by atoms with Crippen LogP contribution in [0.1, 0.15) is 44.9 Å². The number of rotatable bonds is 7. The number of halogens is 1. The van der Waals surface area contributed by atoms with Crippen molar-refractivity contribution in [2.75, 3.05) is 54.0 Å². The molecule has 1 saturated heterocycles. The van der Waals surface area contributed by atoms with Gasteiger partial charge in [0.1, 0.15) is 0 Å². The van der Waals surface area contributed by atoms with Crippen LogP contribution in [-0.4, -0.2) is 75.8 Å². The van der Waals surface area contributed by atoms with Gasteiger partial charge in [0.25, 0.3) is 0 Å². The molecule has 0 aromatic rings. The topological polar surface area (TPSA) is 40.1 Å². The smallest absolute Gasteiger partial charge is 0.193 e. The van der Waals surface area contributed by atoms with Crippen molar-refractivity contribution in [1.82, 2.24) is 15.1 Å². The maximum absolute atomic E-state index is 5.44. The average molecular weight is 452 g/mol. The SMILES string of the molecule is CN=C(NCCN(C)C1CCCC1)N(C)CCC1CCOCC1.I. The molecule has 0 aromatic heterocycles. The van der Waals surface area contributed by atoms with Crippen LogP contribution < -0.4 is 5.32 Å². The van der Waals surface area contributed by atoms with Crippen LogP contribution in [0.2, 0.25) is 0 Å². The van der Waals surface area contributed by atoms with Crippen LogP contribution in [0.3, 0.4) is 0 Å². The molecule has 1 aliphatic carbocycles. The normalized spacial score (nSPS) is 20.2. The first-order chi connectivity index (χ1) is 11.2. The van der Waals surface area contributed by atoms with Crippen molar-refractivity contribution in [3.05, 3.63) is 0 Å². The monoisotopic (exact) mass is 452 g/mol. The van der Waals surface area contributed by atoms with Crippen molar-refractivity contribution < 1.29 is 4.74 Å². The van der Waals surface area contributed by atoms with Gasteiger partial charge in [-0.25, -0.2) is 0 Å². The summed E-state index contributed by atoms with van der Waals surface area (Å²) >= 11 is 0. The first-order valence-electron chi connectivity index (χ1n) is 9.40. The van der Waals surface area contributed by atoms with E-state index >= 15 is 0 Å². The van der Waals surface area contributed by atoms with Gasteiger partial charge in [0.2, 0.25) is 0 Å². The molecule has 24 heavy (non-hydrogen) atoms. The largest absolute Gasteiger partial charge is 0.381 e. The Morgan fingerprint density at radius 3 is 2.38 bits per heavy atom. The molecule has 5 nitrogen and oxygen atoms in total. The van der Waals surface area contributed by atoms with Gasteiger partial charge in [-0.05, 0) is 45.1 Å². The lowest BCUT2D eigenvalue weighted by Crippen LogP contribution is -2.44. The number of hydrogen-bond donors (Lipinski definition) is 1. The zero-order valence-electron chi connectivity index (χ0n) is 15.8. The Bertz CT molecular complexity index is 355. The first kappa shape index (κ1) is 22.0. The number of nitrogens with one attached hydrogen (secondary N) is 1. The van der Waals surface area contributed by atoms with Crippen molar-refractivity contribution in [3.8, 4) is 0 Å². The van der Waals surface area contributed by atoms with E-state index in [0.29, 0.717) is 0 Å². The van der Waals surface area contributed by atoms with E-state index < -0.39 is 0 Å². The third-order valence-electron chi connectivity index (χ3n) is 5.48. The Morgan fingerprint density at radius 2 is 1.75 bits per heavy atom. The van der Waals surface area contributed by atoms with Crippen LogP contribution in [0, 0.1) is 5.92 Å². The lowest BCUT2D eigenvalue weighted by molar-refractivity contribution is 0.0625. The van der Waals surface area contributed by atoms with Crippen molar-refractivity contribution in [1.29, 1.82) is 0 Å². The Balaban J connectivity index is 0.00000288. The third kappa shape index (κ3) is 7.44. The molecule has 6 heteroatoms. The minimum absolute atomic E-state index is 0. The fraction of sp³-hybridized carbons (Fsp3) is 0.944. The summed E-state index contributed by atoms with van der Waals surface area (Å²) in [7, 11) is 6.29. The highest BCUT2D eigenvalue weighted by molar-refractivity contribution is 14.0. The van der Waals surface area contributed by atoms with Gasteiger partial charge in [0.15, 0.2) is 5.96 Å². The summed E-state index contributed by atoms with van der Waals surface area (Å²) in [5.41, 5.74) is 0. The quantitative estimate of drug-likeness (QED) is 0.367. The second-order valence-corrected chi connectivity index (χ2v) is 7.16. The minimum atomic E-state index is 0. The fourth-order valence-corrected chi connectivity index (χ4v) is 3.77. The molecule has 1 aliphatic heterocycles. The summed E-state index contributed by atoms with van der Waals surface area (Å²) in [5.74, 6) is 1.84. The second kappa shape index (κ2) is 12.3. The molecule has 142 valence electrons. The molecular weight excluding hydrogens is 415 g/mol. The maximum atomic E-state index is 5.44. The van der Waals surface area contributed by atoms with Gasteiger partial charge in [-0.1, -0.05) is 12.8 Å². The highest BCUT2D eigenvalue weighted by Crippen LogP contribution is 2.22. The highest BCUT2D eigenvalue weighted by atomic mass is 127. The van der Waals surface area contributed by atoms with Crippen molar-refractivity contribution in [3.63, 3.8) is 0 Å². The Labute approximate surface area is 165 Å². The molecule has 0 amide bonds. The minimum Gasteiger partial charge on any atom is -0.381 e. The number of ether oxygens (including phenoxy) is 1. The second-order valence-electron chi connectivity index (χ2n) is 7.16. The van der Waals surface area contributed by atoms with E-state index in [1.807, 2.05) is 7.05 Å². The molecule has 2 aliphatic rings. The van der Waals surface area contributed by atoms with Crippen molar-refractivity contribution in [2.45, 2.75) is 51.0 Å². The molecule has 2 fully saturated rings. The fourth-order valence-electron chi connectivity index (χ4n) is 3.77. The summed E-state index contributed by atoms with van der Waals surface area (Å²) in [6.07, 6.45) is 9.21. The summed E-state index contributed by atoms with van der Waals surface area (Å²) in [5, 5.41) is 3.52. The van der Waals surface area contributed by atoms with E-state index in [1.165, 1.54) is 44.9 Å². The summed E-state index contributed by atoms with van der Waals surface area (Å²) in [6, 6.07) is 0.796. The Hall–Kier alpha value is -0.0800. The zero-order valence-corrected chi connectivity index (χ0v) is 18.1. The van der Waals surface area contributed by atoms with E-state index in [9.17, 15) is 0 Å². The van der Waals surface area contributed by atoms with Crippen LogP contribution in [0.25, 0.3) is 0 Å². The van der Waals surface area contributed by atoms with E-state index in [2.05, 4.69) is 34.2 Å². The molecular formula is C18H37IN4O. The van der Waals surface area contributed by atoms with E-state index in [1.54, 1.807) is 0 Å². The number of guanidine groups is 1. The first-order valence-corrected chi connectivity index (χ1v) is 9.40. The molecule has 1 N–H and O–H groups in total. The van der Waals surface area contributed by atoms with Crippen LogP contribution in [-0.2, 0) is 4.74 Å². The molecule has 0 aromatic carbocycles. The predicted molar refractivity (Wildman–Crippen MR) is 112 cm³/mol. The predicted octanol–water partition coefficient (Wildman–Crippen LogP) is 2.80. The van der Waals surface area contributed by atoms with E-state index in [-0.39, 0.29) is 24.0 Å². The number of nitrogens with zero attached hydrogens (tertiary/aromatic N) is 3. The maximum Gasteiger partial charge on any atom is 0.193 e. The summed E-state index contributed by atoms with van der Waals surface area (Å²) in [6.45, 7) is 5.02. The standard InChI is InChI=1S/C18H36N4O.HI/c1-19-18(20-11-13-21(2)17-6-4-5-7-17)22(3)12-8-16-9-14-23-15-10-16;/h16-17H,4-15H2,1-3H3,(H,19,20);1H. The van der Waals surface area contributed by atoms with Gasteiger partial charge < -0.3 is 19.9 Å². The van der Waals surface area contributed by atoms with Gasteiger partial charge >= 0.3 is 0 Å². The van der Waals surface area contributed by atoms with Gasteiger partial charge in [-0.2, -0.15) is 0 Å². The summed E-state index contributed by atoms with van der Waals surface area (Å²) < 4.78 is 5.44. The third-order valence-corrected chi connectivity index (χ3v) is 5.48. The molecule has 0 unspecified atom stereocenters. The molecule has 0 bridgehead atoms. The number of hydrogen-bond acceptors (Lipinski definition) is 3. The molecule has 1 heterocycles. The highest BCUT2D eigenvalue weighted by Gasteiger charge is 2.19. The number of aliphatic imine (C=N–C) groups is 1. The molecule has 0 radical (unpaired) electrons. The average Bonchev–Trinajstić information content (AvgIpc) is 3.12. The van der Waals surface area contributed by atoms with Gasteiger partial charge in [-0.3, -0.25) is 4.99 Å². The Morgan fingerprint density at radius 1 is 1.08 bits per heavy atom. The Kier molecular flexibility index (Phi) is 11.3. The van der Waals surface area contributed by atoms with E-state index in [4.69, 9.17) is 4.74 Å². The molecule has 0 spiro atoms. The summed E-state index contributed by atoms with van der Waals surface area (Å²) in [4.78, 5) is 9.21. The lowest BCUT2D eigenvalue weighted by atomic mass is 9.96. The zero-order chi connectivity index (χ0) is 16.5. The van der Waals surface area contributed by atoms with Gasteiger partial charge in [-0.15, -0.1) is 24.0 Å². The molecule has 1 saturated carbocycles.